The molecular weight excluding hydrogens is 174 g/mol. The van der Waals surface area contributed by atoms with Crippen molar-refractivity contribution in [3.63, 3.8) is 0 Å². The van der Waals surface area contributed by atoms with Gasteiger partial charge in [-0.05, 0) is 25.3 Å². The molecule has 3 heteroatoms. The highest BCUT2D eigenvalue weighted by Gasteiger charge is 2.14. The van der Waals surface area contributed by atoms with Gasteiger partial charge in [-0.3, -0.25) is 0 Å². The first-order valence-electron chi connectivity index (χ1n) is 4.71. The summed E-state index contributed by atoms with van der Waals surface area (Å²) < 4.78 is 5.47. The molecule has 1 aliphatic heterocycles. The summed E-state index contributed by atoms with van der Waals surface area (Å²) in [7, 11) is 0. The van der Waals surface area contributed by atoms with Gasteiger partial charge in [0.05, 0.1) is 6.10 Å². The smallest absolute Gasteiger partial charge is 0.0700 e. The summed E-state index contributed by atoms with van der Waals surface area (Å²) in [6.07, 6.45) is 2.88. The Morgan fingerprint density at radius 3 is 3.08 bits per heavy atom. The number of nitrogens with one attached hydrogen (secondary N) is 1. The van der Waals surface area contributed by atoms with Crippen molar-refractivity contribution in [3.8, 4) is 0 Å². The summed E-state index contributed by atoms with van der Waals surface area (Å²) >= 11 is 5.68. The van der Waals surface area contributed by atoms with Gasteiger partial charge < -0.3 is 10.1 Å². The molecule has 2 unspecified atom stereocenters. The molecule has 0 spiro atoms. The molecule has 1 N–H and O–H groups in total. The molecule has 1 rings (SSSR count). The molecule has 0 aromatic heterocycles. The molecule has 0 saturated carbocycles. The van der Waals surface area contributed by atoms with E-state index in [0.717, 1.165) is 25.6 Å². The summed E-state index contributed by atoms with van der Waals surface area (Å²) in [5, 5.41) is 3.37. The summed E-state index contributed by atoms with van der Waals surface area (Å²) in [4.78, 5) is 0. The molecule has 0 aromatic carbocycles. The SMILES string of the molecule is CC(CCl)CNCC1CCCO1. The van der Waals surface area contributed by atoms with Crippen molar-refractivity contribution in [2.75, 3.05) is 25.6 Å². The van der Waals surface area contributed by atoms with Crippen molar-refractivity contribution in [1.82, 2.24) is 5.32 Å². The third kappa shape index (κ3) is 3.74. The Balaban J connectivity index is 1.94. The van der Waals surface area contributed by atoms with E-state index < -0.39 is 0 Å². The van der Waals surface area contributed by atoms with Gasteiger partial charge in [-0.15, -0.1) is 11.6 Å². The number of hydrogen-bond donors (Lipinski definition) is 1. The third-order valence-corrected chi connectivity index (χ3v) is 2.68. The van der Waals surface area contributed by atoms with Gasteiger partial charge in [0.15, 0.2) is 0 Å². The fraction of sp³-hybridized carbons (Fsp3) is 1.00. The zero-order chi connectivity index (χ0) is 8.81. The summed E-state index contributed by atoms with van der Waals surface area (Å²) in [6.45, 7) is 5.08. The maximum Gasteiger partial charge on any atom is 0.0700 e. The minimum atomic E-state index is 0.451. The number of hydrogen-bond acceptors (Lipinski definition) is 2. The van der Waals surface area contributed by atoms with E-state index in [1.807, 2.05) is 0 Å². The maximum atomic E-state index is 5.68. The second-order valence-electron chi connectivity index (χ2n) is 3.55. The molecule has 2 atom stereocenters. The van der Waals surface area contributed by atoms with Crippen molar-refractivity contribution in [1.29, 1.82) is 0 Å². The van der Waals surface area contributed by atoms with Crippen LogP contribution < -0.4 is 5.32 Å². The minimum absolute atomic E-state index is 0.451. The van der Waals surface area contributed by atoms with Crippen LogP contribution in [0.15, 0.2) is 0 Å². The Bertz CT molecular complexity index is 115. The largest absolute Gasteiger partial charge is 0.377 e. The molecule has 0 amide bonds. The fourth-order valence-electron chi connectivity index (χ4n) is 1.35. The first-order chi connectivity index (χ1) is 5.83. The Morgan fingerprint density at radius 1 is 1.67 bits per heavy atom. The quantitative estimate of drug-likeness (QED) is 0.668. The van der Waals surface area contributed by atoms with Crippen LogP contribution in [0.25, 0.3) is 0 Å². The molecule has 0 bridgehead atoms. The Labute approximate surface area is 79.6 Å². The number of ether oxygens (including phenoxy) is 1. The van der Waals surface area contributed by atoms with Crippen LogP contribution in [0.3, 0.4) is 0 Å². The van der Waals surface area contributed by atoms with Gasteiger partial charge >= 0.3 is 0 Å². The van der Waals surface area contributed by atoms with Crippen LogP contribution >= 0.6 is 11.6 Å². The Hall–Kier alpha value is 0.210. The fourth-order valence-corrected chi connectivity index (χ4v) is 1.46. The van der Waals surface area contributed by atoms with Gasteiger partial charge in [0.2, 0.25) is 0 Å². The third-order valence-electron chi connectivity index (χ3n) is 2.15. The molecule has 12 heavy (non-hydrogen) atoms. The predicted octanol–water partition coefficient (Wildman–Crippen LogP) is 1.63. The van der Waals surface area contributed by atoms with Crippen LogP contribution in [0.2, 0.25) is 0 Å². The van der Waals surface area contributed by atoms with Gasteiger partial charge in [0, 0.05) is 19.0 Å². The molecule has 0 radical (unpaired) electrons. The maximum absolute atomic E-state index is 5.68. The van der Waals surface area contributed by atoms with E-state index in [0.29, 0.717) is 12.0 Å². The van der Waals surface area contributed by atoms with E-state index in [1.165, 1.54) is 12.8 Å². The van der Waals surface area contributed by atoms with Crippen LogP contribution in [0.5, 0.6) is 0 Å². The number of halogens is 1. The lowest BCUT2D eigenvalue weighted by Gasteiger charge is -2.12. The van der Waals surface area contributed by atoms with Crippen molar-refractivity contribution in [2.45, 2.75) is 25.9 Å². The molecule has 1 saturated heterocycles. The molecule has 2 nitrogen and oxygen atoms in total. The number of alkyl halides is 1. The first-order valence-corrected chi connectivity index (χ1v) is 5.24. The normalized spacial score (nSPS) is 26.0. The molecule has 1 aliphatic rings. The zero-order valence-corrected chi connectivity index (χ0v) is 8.44. The van der Waals surface area contributed by atoms with Crippen LogP contribution in [-0.4, -0.2) is 31.7 Å². The topological polar surface area (TPSA) is 21.3 Å². The summed E-state index contributed by atoms with van der Waals surface area (Å²) in [6, 6.07) is 0. The molecule has 0 aliphatic carbocycles. The van der Waals surface area contributed by atoms with Crippen molar-refractivity contribution in [3.05, 3.63) is 0 Å². The average molecular weight is 192 g/mol. The summed E-state index contributed by atoms with van der Waals surface area (Å²) in [5.74, 6) is 1.30. The molecule has 72 valence electrons. The van der Waals surface area contributed by atoms with Crippen LogP contribution in [0.1, 0.15) is 19.8 Å². The van der Waals surface area contributed by atoms with Crippen molar-refractivity contribution >= 4 is 11.6 Å². The second kappa shape index (κ2) is 5.79. The molecular formula is C9H18ClNO. The van der Waals surface area contributed by atoms with Gasteiger partial charge in [-0.1, -0.05) is 6.92 Å². The summed E-state index contributed by atoms with van der Waals surface area (Å²) in [5.41, 5.74) is 0. The Kier molecular flexibility index (Phi) is 4.96. The van der Waals surface area contributed by atoms with Gasteiger partial charge in [-0.25, -0.2) is 0 Å². The van der Waals surface area contributed by atoms with Gasteiger partial charge in [0.1, 0.15) is 0 Å². The highest BCUT2D eigenvalue weighted by Crippen LogP contribution is 2.10. The van der Waals surface area contributed by atoms with E-state index in [1.54, 1.807) is 0 Å². The van der Waals surface area contributed by atoms with Gasteiger partial charge in [-0.2, -0.15) is 0 Å². The molecule has 1 heterocycles. The predicted molar refractivity (Wildman–Crippen MR) is 51.7 cm³/mol. The van der Waals surface area contributed by atoms with E-state index >= 15 is 0 Å². The second-order valence-corrected chi connectivity index (χ2v) is 3.86. The Morgan fingerprint density at radius 2 is 2.50 bits per heavy atom. The van der Waals surface area contributed by atoms with Gasteiger partial charge in [0.25, 0.3) is 0 Å². The zero-order valence-electron chi connectivity index (χ0n) is 7.68. The average Bonchev–Trinajstić information content (AvgIpc) is 2.57. The molecule has 0 aromatic rings. The monoisotopic (exact) mass is 191 g/mol. The van der Waals surface area contributed by atoms with E-state index in [4.69, 9.17) is 16.3 Å². The standard InChI is InChI=1S/C9H18ClNO/c1-8(5-10)6-11-7-9-3-2-4-12-9/h8-9,11H,2-7H2,1H3. The van der Waals surface area contributed by atoms with Crippen molar-refractivity contribution < 1.29 is 4.74 Å². The van der Waals surface area contributed by atoms with Crippen LogP contribution in [0, 0.1) is 5.92 Å². The van der Waals surface area contributed by atoms with Crippen LogP contribution in [0.4, 0.5) is 0 Å². The molecule has 1 fully saturated rings. The van der Waals surface area contributed by atoms with Crippen molar-refractivity contribution in [2.24, 2.45) is 5.92 Å². The van der Waals surface area contributed by atoms with E-state index in [-0.39, 0.29) is 0 Å². The lowest BCUT2D eigenvalue weighted by Crippen LogP contribution is -2.30. The first kappa shape index (κ1) is 10.3. The lowest BCUT2D eigenvalue weighted by molar-refractivity contribution is 0.109. The number of rotatable bonds is 5. The highest BCUT2D eigenvalue weighted by atomic mass is 35.5. The van der Waals surface area contributed by atoms with Crippen LogP contribution in [-0.2, 0) is 4.74 Å². The minimum Gasteiger partial charge on any atom is -0.377 e. The highest BCUT2D eigenvalue weighted by molar-refractivity contribution is 6.18. The lowest BCUT2D eigenvalue weighted by atomic mass is 10.2. The van der Waals surface area contributed by atoms with E-state index in [2.05, 4.69) is 12.2 Å². The van der Waals surface area contributed by atoms with E-state index in [9.17, 15) is 0 Å².